The Hall–Kier alpha value is -0.440. The molecule has 0 heterocycles. The lowest BCUT2D eigenvalue weighted by Gasteiger charge is -2.32. The Labute approximate surface area is 91.5 Å². The zero-order chi connectivity index (χ0) is 11.9. The highest BCUT2D eigenvalue weighted by Crippen LogP contribution is 2.38. The van der Waals surface area contributed by atoms with Crippen molar-refractivity contribution in [3.05, 3.63) is 12.7 Å². The Morgan fingerprint density at radius 3 is 2.40 bits per heavy atom. The summed E-state index contributed by atoms with van der Waals surface area (Å²) in [5, 5.41) is 0. The number of hydrogen-bond donors (Lipinski definition) is 0. The van der Waals surface area contributed by atoms with Crippen LogP contribution in [0.4, 0.5) is 8.78 Å². The monoisotopic (exact) mass is 220 g/mol. The molecule has 0 fully saturated rings. The van der Waals surface area contributed by atoms with E-state index in [-0.39, 0.29) is 12.8 Å². The number of methoxy groups -OCH3 is 1. The number of hydrogen-bond acceptors (Lipinski definition) is 1. The fourth-order valence-electron chi connectivity index (χ4n) is 1.76. The SMILES string of the molecule is C=CCCC(C)(COC)CC(F)(F)CC. The number of alkyl halides is 2. The Balaban J connectivity index is 4.41. The molecule has 0 aliphatic carbocycles. The number of allylic oxidation sites excluding steroid dienone is 1. The van der Waals surface area contributed by atoms with Crippen LogP contribution >= 0.6 is 0 Å². The van der Waals surface area contributed by atoms with E-state index in [1.807, 2.05) is 6.92 Å². The summed E-state index contributed by atoms with van der Waals surface area (Å²) in [4.78, 5) is 0. The maximum absolute atomic E-state index is 13.3. The van der Waals surface area contributed by atoms with Crippen molar-refractivity contribution in [1.82, 2.24) is 0 Å². The summed E-state index contributed by atoms with van der Waals surface area (Å²) in [7, 11) is 1.55. The molecule has 1 atom stereocenters. The summed E-state index contributed by atoms with van der Waals surface area (Å²) in [5.74, 6) is -2.59. The number of halogens is 2. The van der Waals surface area contributed by atoms with Gasteiger partial charge in [0.2, 0.25) is 5.92 Å². The lowest BCUT2D eigenvalue weighted by atomic mass is 9.80. The lowest BCUT2D eigenvalue weighted by Crippen LogP contribution is -2.31. The first-order valence-corrected chi connectivity index (χ1v) is 5.37. The van der Waals surface area contributed by atoms with E-state index in [2.05, 4.69) is 6.58 Å². The van der Waals surface area contributed by atoms with Gasteiger partial charge in [0, 0.05) is 20.0 Å². The molecule has 1 nitrogen and oxygen atoms in total. The first-order chi connectivity index (χ1) is 6.89. The Morgan fingerprint density at radius 2 is 2.00 bits per heavy atom. The lowest BCUT2D eigenvalue weighted by molar-refractivity contribution is -0.0650. The molecular formula is C12H22F2O. The molecular weight excluding hydrogens is 198 g/mol. The van der Waals surface area contributed by atoms with Gasteiger partial charge in [0.25, 0.3) is 0 Å². The summed E-state index contributed by atoms with van der Waals surface area (Å²) in [6.07, 6.45) is 2.98. The molecule has 1 unspecified atom stereocenters. The van der Waals surface area contributed by atoms with Crippen molar-refractivity contribution >= 4 is 0 Å². The third-order valence-corrected chi connectivity index (χ3v) is 2.65. The van der Waals surface area contributed by atoms with Gasteiger partial charge in [-0.15, -0.1) is 6.58 Å². The maximum atomic E-state index is 13.3. The molecule has 0 aromatic rings. The van der Waals surface area contributed by atoms with Crippen LogP contribution in [-0.4, -0.2) is 19.6 Å². The van der Waals surface area contributed by atoms with E-state index in [4.69, 9.17) is 4.74 Å². The van der Waals surface area contributed by atoms with Crippen molar-refractivity contribution in [2.45, 2.75) is 45.5 Å². The van der Waals surface area contributed by atoms with E-state index in [1.54, 1.807) is 13.2 Å². The van der Waals surface area contributed by atoms with Gasteiger partial charge in [-0.05, 0) is 18.3 Å². The number of ether oxygens (including phenoxy) is 1. The fraction of sp³-hybridized carbons (Fsp3) is 0.833. The molecule has 0 saturated heterocycles. The molecule has 0 bridgehead atoms. The third-order valence-electron chi connectivity index (χ3n) is 2.65. The van der Waals surface area contributed by atoms with E-state index in [0.29, 0.717) is 13.0 Å². The minimum Gasteiger partial charge on any atom is -0.384 e. The van der Waals surface area contributed by atoms with Crippen LogP contribution in [0.15, 0.2) is 12.7 Å². The second-order valence-electron chi connectivity index (χ2n) is 4.46. The third kappa shape index (κ3) is 5.88. The second-order valence-corrected chi connectivity index (χ2v) is 4.46. The van der Waals surface area contributed by atoms with Gasteiger partial charge in [-0.2, -0.15) is 0 Å². The molecule has 3 heteroatoms. The molecule has 0 aliphatic rings. The van der Waals surface area contributed by atoms with Crippen molar-refractivity contribution in [3.63, 3.8) is 0 Å². The Kier molecular flexibility index (Phi) is 6.03. The van der Waals surface area contributed by atoms with Crippen LogP contribution < -0.4 is 0 Å². The standard InChI is InChI=1S/C12H22F2O/c1-5-7-8-11(3,10-15-4)9-12(13,14)6-2/h5H,1,6-10H2,2-4H3. The van der Waals surface area contributed by atoms with Crippen LogP contribution in [0.2, 0.25) is 0 Å². The minimum atomic E-state index is -2.59. The van der Waals surface area contributed by atoms with E-state index in [1.165, 1.54) is 6.92 Å². The van der Waals surface area contributed by atoms with Gasteiger partial charge in [-0.1, -0.05) is 19.9 Å². The van der Waals surface area contributed by atoms with Gasteiger partial charge >= 0.3 is 0 Å². The van der Waals surface area contributed by atoms with Crippen molar-refractivity contribution in [3.8, 4) is 0 Å². The molecule has 90 valence electrons. The highest BCUT2D eigenvalue weighted by Gasteiger charge is 2.37. The van der Waals surface area contributed by atoms with E-state index >= 15 is 0 Å². The predicted molar refractivity (Wildman–Crippen MR) is 59.3 cm³/mol. The molecule has 0 aliphatic heterocycles. The van der Waals surface area contributed by atoms with Gasteiger partial charge in [0.05, 0.1) is 6.61 Å². The maximum Gasteiger partial charge on any atom is 0.248 e. The summed E-state index contributed by atoms with van der Waals surface area (Å²) in [6, 6.07) is 0. The van der Waals surface area contributed by atoms with E-state index in [0.717, 1.165) is 6.42 Å². The van der Waals surface area contributed by atoms with Gasteiger partial charge < -0.3 is 4.74 Å². The van der Waals surface area contributed by atoms with Crippen molar-refractivity contribution in [2.24, 2.45) is 5.41 Å². The van der Waals surface area contributed by atoms with Crippen molar-refractivity contribution in [1.29, 1.82) is 0 Å². The minimum absolute atomic E-state index is 0.111. The van der Waals surface area contributed by atoms with Gasteiger partial charge in [-0.3, -0.25) is 0 Å². The predicted octanol–water partition coefficient (Wildman–Crippen LogP) is 4.04. The van der Waals surface area contributed by atoms with E-state index in [9.17, 15) is 8.78 Å². The zero-order valence-electron chi connectivity index (χ0n) is 9.98. The van der Waals surface area contributed by atoms with Crippen molar-refractivity contribution < 1.29 is 13.5 Å². The van der Waals surface area contributed by atoms with Crippen LogP contribution in [0.1, 0.15) is 39.5 Å². The molecule has 0 amide bonds. The highest BCUT2D eigenvalue weighted by molar-refractivity contribution is 4.83. The molecule has 0 aromatic carbocycles. The van der Waals surface area contributed by atoms with E-state index < -0.39 is 11.3 Å². The summed E-state index contributed by atoms with van der Waals surface area (Å²) in [6.45, 7) is 7.35. The first kappa shape index (κ1) is 14.6. The summed E-state index contributed by atoms with van der Waals surface area (Å²) in [5.41, 5.74) is -0.456. The fourth-order valence-corrected chi connectivity index (χ4v) is 1.76. The Morgan fingerprint density at radius 1 is 1.40 bits per heavy atom. The molecule has 0 aromatic heterocycles. The summed E-state index contributed by atoms with van der Waals surface area (Å²) >= 11 is 0. The zero-order valence-corrected chi connectivity index (χ0v) is 9.98. The molecule has 0 N–H and O–H groups in total. The van der Waals surface area contributed by atoms with Crippen LogP contribution in [0, 0.1) is 5.41 Å². The topological polar surface area (TPSA) is 9.23 Å². The highest BCUT2D eigenvalue weighted by atomic mass is 19.3. The number of rotatable bonds is 8. The Bertz CT molecular complexity index is 192. The molecule has 0 saturated carbocycles. The molecule has 15 heavy (non-hydrogen) atoms. The van der Waals surface area contributed by atoms with Crippen LogP contribution in [0.25, 0.3) is 0 Å². The van der Waals surface area contributed by atoms with Crippen molar-refractivity contribution in [2.75, 3.05) is 13.7 Å². The summed E-state index contributed by atoms with van der Waals surface area (Å²) < 4.78 is 31.7. The quantitative estimate of drug-likeness (QED) is 0.561. The van der Waals surface area contributed by atoms with Gasteiger partial charge in [0.15, 0.2) is 0 Å². The van der Waals surface area contributed by atoms with Gasteiger partial charge in [-0.25, -0.2) is 8.78 Å². The molecule has 0 radical (unpaired) electrons. The molecule has 0 spiro atoms. The smallest absolute Gasteiger partial charge is 0.248 e. The second kappa shape index (κ2) is 6.21. The first-order valence-electron chi connectivity index (χ1n) is 5.37. The van der Waals surface area contributed by atoms with Crippen LogP contribution in [0.3, 0.4) is 0 Å². The van der Waals surface area contributed by atoms with Crippen LogP contribution in [-0.2, 0) is 4.74 Å². The average molecular weight is 220 g/mol. The normalized spacial score (nSPS) is 16.1. The average Bonchev–Trinajstić information content (AvgIpc) is 2.14. The van der Waals surface area contributed by atoms with Gasteiger partial charge in [0.1, 0.15) is 0 Å². The molecule has 0 rings (SSSR count). The largest absolute Gasteiger partial charge is 0.384 e. The van der Waals surface area contributed by atoms with Crippen LogP contribution in [0.5, 0.6) is 0 Å².